The fourth-order valence-electron chi connectivity index (χ4n) is 2.56. The van der Waals surface area contributed by atoms with Crippen molar-refractivity contribution in [2.75, 3.05) is 26.7 Å². The second-order valence-corrected chi connectivity index (χ2v) is 7.02. The highest BCUT2D eigenvalue weighted by Crippen LogP contribution is 2.16. The maximum absolute atomic E-state index is 5.74. The van der Waals surface area contributed by atoms with Crippen molar-refractivity contribution < 1.29 is 4.74 Å². The molecular weight excluding hydrogens is 224 g/mol. The van der Waals surface area contributed by atoms with Crippen molar-refractivity contribution in [1.82, 2.24) is 10.2 Å². The van der Waals surface area contributed by atoms with Gasteiger partial charge < -0.3 is 10.1 Å². The Kier molecular flexibility index (Phi) is 6.09. The maximum Gasteiger partial charge on any atom is 0.0702 e. The average Bonchev–Trinajstić information content (AvgIpc) is 2.67. The lowest BCUT2D eigenvalue weighted by atomic mass is 10.0. The molecule has 108 valence electrons. The van der Waals surface area contributed by atoms with Gasteiger partial charge in [0.25, 0.3) is 0 Å². The van der Waals surface area contributed by atoms with E-state index in [-0.39, 0.29) is 5.54 Å². The Hall–Kier alpha value is -0.120. The molecule has 18 heavy (non-hydrogen) atoms. The van der Waals surface area contributed by atoms with Crippen LogP contribution < -0.4 is 5.32 Å². The molecule has 1 N–H and O–H groups in total. The minimum atomic E-state index is 0.192. The molecule has 1 fully saturated rings. The highest BCUT2D eigenvalue weighted by molar-refractivity contribution is 4.81. The number of nitrogens with zero attached hydrogens (tertiary/aromatic N) is 1. The first-order chi connectivity index (χ1) is 8.29. The normalized spacial score (nSPS) is 23.0. The molecule has 3 nitrogen and oxygen atoms in total. The van der Waals surface area contributed by atoms with Crippen LogP contribution in [0.3, 0.4) is 0 Å². The first-order valence-electron chi connectivity index (χ1n) is 7.36. The van der Waals surface area contributed by atoms with E-state index in [2.05, 4.69) is 51.9 Å². The van der Waals surface area contributed by atoms with E-state index in [1.807, 2.05) is 0 Å². The van der Waals surface area contributed by atoms with Gasteiger partial charge in [0.15, 0.2) is 0 Å². The van der Waals surface area contributed by atoms with Gasteiger partial charge in [-0.2, -0.15) is 0 Å². The molecule has 1 aliphatic heterocycles. The fraction of sp³-hybridized carbons (Fsp3) is 1.00. The van der Waals surface area contributed by atoms with Gasteiger partial charge in [0, 0.05) is 31.3 Å². The van der Waals surface area contributed by atoms with Crippen LogP contribution in [-0.2, 0) is 4.74 Å². The zero-order chi connectivity index (χ0) is 13.8. The first kappa shape index (κ1) is 15.9. The van der Waals surface area contributed by atoms with Gasteiger partial charge in [-0.1, -0.05) is 13.8 Å². The van der Waals surface area contributed by atoms with Crippen LogP contribution in [0.2, 0.25) is 0 Å². The minimum Gasteiger partial charge on any atom is -0.377 e. The number of hydrogen-bond acceptors (Lipinski definition) is 3. The summed E-state index contributed by atoms with van der Waals surface area (Å²) >= 11 is 0. The molecule has 0 radical (unpaired) electrons. The molecule has 0 amide bonds. The van der Waals surface area contributed by atoms with Crippen LogP contribution in [0.15, 0.2) is 0 Å². The van der Waals surface area contributed by atoms with Crippen molar-refractivity contribution in [2.45, 2.75) is 65.1 Å². The van der Waals surface area contributed by atoms with E-state index in [4.69, 9.17) is 4.74 Å². The summed E-state index contributed by atoms with van der Waals surface area (Å²) in [5.41, 5.74) is 0.192. The minimum absolute atomic E-state index is 0.192. The molecule has 1 aliphatic rings. The summed E-state index contributed by atoms with van der Waals surface area (Å²) in [7, 11) is 2.23. The zero-order valence-electron chi connectivity index (χ0n) is 13.1. The van der Waals surface area contributed by atoms with E-state index in [1.54, 1.807) is 0 Å². The number of rotatable bonds is 6. The third-order valence-corrected chi connectivity index (χ3v) is 3.69. The topological polar surface area (TPSA) is 24.5 Å². The monoisotopic (exact) mass is 256 g/mol. The molecule has 0 bridgehead atoms. The molecule has 0 aromatic rings. The lowest BCUT2D eigenvalue weighted by molar-refractivity contribution is 0.0581. The van der Waals surface area contributed by atoms with E-state index in [0.717, 1.165) is 19.7 Å². The highest BCUT2D eigenvalue weighted by atomic mass is 16.5. The van der Waals surface area contributed by atoms with Crippen LogP contribution in [0.5, 0.6) is 0 Å². The van der Waals surface area contributed by atoms with Gasteiger partial charge in [-0.15, -0.1) is 0 Å². The molecule has 1 saturated heterocycles. The number of nitrogens with one attached hydrogen (secondary N) is 1. The third-order valence-electron chi connectivity index (χ3n) is 3.69. The summed E-state index contributed by atoms with van der Waals surface area (Å²) in [5, 5.41) is 3.63. The van der Waals surface area contributed by atoms with Gasteiger partial charge in [0.1, 0.15) is 0 Å². The summed E-state index contributed by atoms with van der Waals surface area (Å²) in [6.45, 7) is 14.4. The van der Waals surface area contributed by atoms with E-state index >= 15 is 0 Å². The van der Waals surface area contributed by atoms with Gasteiger partial charge in [0.2, 0.25) is 0 Å². The smallest absolute Gasteiger partial charge is 0.0702 e. The predicted octanol–water partition coefficient (Wildman–Crippen LogP) is 2.51. The quantitative estimate of drug-likeness (QED) is 0.790. The highest BCUT2D eigenvalue weighted by Gasteiger charge is 2.25. The van der Waals surface area contributed by atoms with Crippen molar-refractivity contribution in [3.63, 3.8) is 0 Å². The summed E-state index contributed by atoms with van der Waals surface area (Å²) in [5.74, 6) is 0.659. The van der Waals surface area contributed by atoms with Crippen LogP contribution >= 0.6 is 0 Å². The number of likely N-dealkylation sites (N-methyl/N-ethyl adjacent to an activating group) is 1. The van der Waals surface area contributed by atoms with Crippen LogP contribution in [0.25, 0.3) is 0 Å². The Balaban J connectivity index is 2.44. The maximum atomic E-state index is 5.74. The molecule has 2 atom stereocenters. The van der Waals surface area contributed by atoms with Gasteiger partial charge in [0.05, 0.1) is 6.10 Å². The lowest BCUT2D eigenvalue weighted by Gasteiger charge is -2.35. The average molecular weight is 256 g/mol. The second-order valence-electron chi connectivity index (χ2n) is 7.02. The van der Waals surface area contributed by atoms with Crippen LogP contribution in [0, 0.1) is 5.92 Å². The first-order valence-corrected chi connectivity index (χ1v) is 7.36. The molecule has 3 heteroatoms. The second kappa shape index (κ2) is 6.88. The van der Waals surface area contributed by atoms with Crippen LogP contribution in [-0.4, -0.2) is 49.3 Å². The Bertz CT molecular complexity index is 229. The van der Waals surface area contributed by atoms with Gasteiger partial charge in [-0.3, -0.25) is 4.90 Å². The largest absolute Gasteiger partial charge is 0.377 e. The number of ether oxygens (including phenoxy) is 1. The molecule has 0 aromatic heterocycles. The van der Waals surface area contributed by atoms with Crippen molar-refractivity contribution >= 4 is 0 Å². The van der Waals surface area contributed by atoms with Gasteiger partial charge in [-0.25, -0.2) is 0 Å². The molecule has 1 heterocycles. The van der Waals surface area contributed by atoms with Crippen LogP contribution in [0.1, 0.15) is 47.5 Å². The summed E-state index contributed by atoms with van der Waals surface area (Å²) in [6, 6.07) is 0.577. The van der Waals surface area contributed by atoms with Gasteiger partial charge >= 0.3 is 0 Å². The summed E-state index contributed by atoms with van der Waals surface area (Å²) in [4.78, 5) is 2.47. The molecular formula is C15H32N2O. The summed E-state index contributed by atoms with van der Waals surface area (Å²) < 4.78 is 5.74. The van der Waals surface area contributed by atoms with Crippen molar-refractivity contribution in [1.29, 1.82) is 0 Å². The Morgan fingerprint density at radius 2 is 2.00 bits per heavy atom. The SMILES string of the molecule is CC(C)C(CNC(C)(C)C)N(C)CC1CCCO1. The Labute approximate surface area is 113 Å². The van der Waals surface area contributed by atoms with Crippen molar-refractivity contribution in [3.8, 4) is 0 Å². The van der Waals surface area contributed by atoms with Gasteiger partial charge in [-0.05, 0) is 46.6 Å². The van der Waals surface area contributed by atoms with E-state index in [9.17, 15) is 0 Å². The van der Waals surface area contributed by atoms with E-state index in [0.29, 0.717) is 18.1 Å². The molecule has 0 saturated carbocycles. The van der Waals surface area contributed by atoms with Crippen LogP contribution in [0.4, 0.5) is 0 Å². The lowest BCUT2D eigenvalue weighted by Crippen LogP contribution is -2.50. The summed E-state index contributed by atoms with van der Waals surface area (Å²) in [6.07, 6.45) is 2.90. The standard InChI is InChI=1S/C15H32N2O/c1-12(2)14(10-16-15(3,4)5)17(6)11-13-8-7-9-18-13/h12-14,16H,7-11H2,1-6H3. The van der Waals surface area contributed by atoms with E-state index in [1.165, 1.54) is 12.8 Å². The molecule has 2 unspecified atom stereocenters. The third kappa shape index (κ3) is 5.68. The molecule has 0 aliphatic carbocycles. The van der Waals surface area contributed by atoms with E-state index < -0.39 is 0 Å². The fourth-order valence-corrected chi connectivity index (χ4v) is 2.56. The zero-order valence-corrected chi connectivity index (χ0v) is 13.1. The predicted molar refractivity (Wildman–Crippen MR) is 78.0 cm³/mol. The van der Waals surface area contributed by atoms with Crippen molar-refractivity contribution in [3.05, 3.63) is 0 Å². The molecule has 0 spiro atoms. The Morgan fingerprint density at radius 3 is 2.44 bits per heavy atom. The molecule has 1 rings (SSSR count). The number of hydrogen-bond donors (Lipinski definition) is 1. The van der Waals surface area contributed by atoms with Crippen molar-refractivity contribution in [2.24, 2.45) is 5.92 Å². The Morgan fingerprint density at radius 1 is 1.33 bits per heavy atom. The molecule has 0 aromatic carbocycles.